The fourth-order valence-electron chi connectivity index (χ4n) is 2.79. The molecule has 6 heteroatoms. The molecule has 2 aromatic rings. The third-order valence-electron chi connectivity index (χ3n) is 4.47. The number of carbonyl (C=O) groups excluding carboxylic acids is 1. The molecule has 0 aliphatic rings. The summed E-state index contributed by atoms with van der Waals surface area (Å²) in [6.45, 7) is 5.60. The van der Waals surface area contributed by atoms with Gasteiger partial charge in [-0.05, 0) is 67.6 Å². The lowest BCUT2D eigenvalue weighted by Gasteiger charge is -2.11. The van der Waals surface area contributed by atoms with E-state index >= 15 is 0 Å². The van der Waals surface area contributed by atoms with E-state index in [9.17, 15) is 13.2 Å². The van der Waals surface area contributed by atoms with Crippen LogP contribution in [0.2, 0.25) is 0 Å². The van der Waals surface area contributed by atoms with Crippen LogP contribution >= 0.6 is 0 Å². The van der Waals surface area contributed by atoms with Crippen molar-refractivity contribution in [1.29, 1.82) is 0 Å². The van der Waals surface area contributed by atoms with Gasteiger partial charge in [-0.15, -0.1) is 0 Å². The Morgan fingerprint density at radius 2 is 1.73 bits per heavy atom. The number of hydrogen-bond acceptors (Lipinski definition) is 3. The van der Waals surface area contributed by atoms with E-state index in [-0.39, 0.29) is 16.4 Å². The van der Waals surface area contributed by atoms with Gasteiger partial charge in [-0.1, -0.05) is 31.9 Å². The number of unbranched alkanes of at least 4 members (excludes halogenated alkanes) is 2. The van der Waals surface area contributed by atoms with Gasteiger partial charge in [0.05, 0.1) is 4.90 Å². The molecule has 0 saturated heterocycles. The molecule has 0 atom stereocenters. The van der Waals surface area contributed by atoms with Crippen LogP contribution in [0.1, 0.15) is 53.2 Å². The first-order chi connectivity index (χ1) is 12.2. The van der Waals surface area contributed by atoms with Crippen LogP contribution < -0.4 is 10.5 Å². The van der Waals surface area contributed by atoms with E-state index in [0.717, 1.165) is 12.8 Å². The summed E-state index contributed by atoms with van der Waals surface area (Å²) >= 11 is 0. The van der Waals surface area contributed by atoms with E-state index in [0.29, 0.717) is 16.8 Å². The first kappa shape index (κ1) is 20.1. The molecule has 5 nitrogen and oxygen atoms in total. The average Bonchev–Trinajstić information content (AvgIpc) is 2.57. The van der Waals surface area contributed by atoms with Gasteiger partial charge in [-0.3, -0.25) is 4.79 Å². The summed E-state index contributed by atoms with van der Waals surface area (Å²) < 4.78 is 23.5. The minimum atomic E-state index is -3.88. The molecular weight excluding hydrogens is 348 g/mol. The van der Waals surface area contributed by atoms with Crippen molar-refractivity contribution in [1.82, 2.24) is 0 Å². The Balaban J connectivity index is 2.16. The molecule has 0 fully saturated rings. The highest BCUT2D eigenvalue weighted by molar-refractivity contribution is 7.89. The molecule has 0 aromatic heterocycles. The van der Waals surface area contributed by atoms with E-state index in [1.807, 2.05) is 24.3 Å². The Hall–Kier alpha value is -2.18. The van der Waals surface area contributed by atoms with Gasteiger partial charge in [0.25, 0.3) is 5.91 Å². The average molecular weight is 375 g/mol. The first-order valence-electron chi connectivity index (χ1n) is 8.76. The summed E-state index contributed by atoms with van der Waals surface area (Å²) in [5, 5.41) is 8.06. The maximum atomic E-state index is 12.5. The molecule has 0 heterocycles. The highest BCUT2D eigenvalue weighted by atomic mass is 32.2. The second-order valence-electron chi connectivity index (χ2n) is 6.57. The molecule has 0 saturated carbocycles. The molecule has 0 spiro atoms. The van der Waals surface area contributed by atoms with Crippen molar-refractivity contribution in [3.05, 3.63) is 58.7 Å². The SMILES string of the molecule is CCCCCc1ccc(NC(=O)c2cc(C)c(C)c(S(N)(=O)=O)c2)cc1. The molecule has 0 radical (unpaired) electrons. The molecule has 2 aromatic carbocycles. The number of amides is 1. The Morgan fingerprint density at radius 1 is 1.08 bits per heavy atom. The number of nitrogens with one attached hydrogen (secondary N) is 1. The van der Waals surface area contributed by atoms with Gasteiger partial charge in [0.1, 0.15) is 0 Å². The van der Waals surface area contributed by atoms with E-state index < -0.39 is 10.0 Å². The maximum absolute atomic E-state index is 12.5. The molecule has 0 bridgehead atoms. The third kappa shape index (κ3) is 5.16. The molecule has 2 rings (SSSR count). The Labute approximate surface area is 155 Å². The molecule has 0 aliphatic heterocycles. The Morgan fingerprint density at radius 3 is 2.31 bits per heavy atom. The summed E-state index contributed by atoms with van der Waals surface area (Å²) in [5.74, 6) is -0.364. The fourth-order valence-corrected chi connectivity index (χ4v) is 3.67. The van der Waals surface area contributed by atoms with Gasteiger partial charge in [-0.25, -0.2) is 13.6 Å². The van der Waals surface area contributed by atoms with E-state index in [1.165, 1.54) is 24.5 Å². The number of aryl methyl sites for hydroxylation is 2. The van der Waals surface area contributed by atoms with Crippen LogP contribution in [0.25, 0.3) is 0 Å². The topological polar surface area (TPSA) is 89.3 Å². The standard InChI is InChI=1S/C20H26N2O3S/c1-4-5-6-7-16-8-10-18(11-9-16)22-20(23)17-12-14(2)15(3)19(13-17)26(21,24)25/h8-13H,4-7H2,1-3H3,(H,22,23)(H2,21,24,25). The van der Waals surface area contributed by atoms with Crippen LogP contribution in [0.5, 0.6) is 0 Å². The van der Waals surface area contributed by atoms with Gasteiger partial charge in [-0.2, -0.15) is 0 Å². The monoisotopic (exact) mass is 374 g/mol. The van der Waals surface area contributed by atoms with E-state index in [4.69, 9.17) is 5.14 Å². The van der Waals surface area contributed by atoms with Gasteiger partial charge >= 0.3 is 0 Å². The summed E-state index contributed by atoms with van der Waals surface area (Å²) in [6, 6.07) is 10.7. The molecule has 140 valence electrons. The van der Waals surface area contributed by atoms with Crippen molar-refractivity contribution in [3.8, 4) is 0 Å². The minimum absolute atomic E-state index is 0.0195. The summed E-state index contributed by atoms with van der Waals surface area (Å²) in [6.07, 6.45) is 4.57. The van der Waals surface area contributed by atoms with E-state index in [1.54, 1.807) is 19.9 Å². The maximum Gasteiger partial charge on any atom is 0.255 e. The number of benzene rings is 2. The summed E-state index contributed by atoms with van der Waals surface area (Å²) in [7, 11) is -3.88. The van der Waals surface area contributed by atoms with Crippen LogP contribution in [0, 0.1) is 13.8 Å². The van der Waals surface area contributed by atoms with Crippen LogP contribution in [0.4, 0.5) is 5.69 Å². The van der Waals surface area contributed by atoms with Crippen molar-refractivity contribution in [2.45, 2.75) is 51.3 Å². The minimum Gasteiger partial charge on any atom is -0.322 e. The zero-order valence-corrected chi connectivity index (χ0v) is 16.3. The molecule has 26 heavy (non-hydrogen) atoms. The number of primary sulfonamides is 1. The van der Waals surface area contributed by atoms with Crippen molar-refractivity contribution < 1.29 is 13.2 Å². The lowest BCUT2D eigenvalue weighted by Crippen LogP contribution is -2.17. The predicted molar refractivity (Wildman–Crippen MR) is 105 cm³/mol. The van der Waals surface area contributed by atoms with Gasteiger partial charge < -0.3 is 5.32 Å². The normalized spacial score (nSPS) is 11.4. The predicted octanol–water partition coefficient (Wildman–Crippen LogP) is 3.94. The Kier molecular flexibility index (Phi) is 6.56. The lowest BCUT2D eigenvalue weighted by atomic mass is 10.1. The zero-order chi connectivity index (χ0) is 19.3. The second kappa shape index (κ2) is 8.47. The van der Waals surface area contributed by atoms with Crippen LogP contribution in [0.15, 0.2) is 41.3 Å². The third-order valence-corrected chi connectivity index (χ3v) is 5.51. The fraction of sp³-hybridized carbons (Fsp3) is 0.350. The van der Waals surface area contributed by atoms with Crippen molar-refractivity contribution in [2.75, 3.05) is 5.32 Å². The number of rotatable bonds is 7. The van der Waals surface area contributed by atoms with Crippen LogP contribution in [-0.4, -0.2) is 14.3 Å². The second-order valence-corrected chi connectivity index (χ2v) is 8.10. The quantitative estimate of drug-likeness (QED) is 0.720. The van der Waals surface area contributed by atoms with Crippen molar-refractivity contribution >= 4 is 21.6 Å². The van der Waals surface area contributed by atoms with Gasteiger partial charge in [0.15, 0.2) is 0 Å². The highest BCUT2D eigenvalue weighted by Crippen LogP contribution is 2.21. The molecule has 0 aliphatic carbocycles. The van der Waals surface area contributed by atoms with Crippen LogP contribution in [0.3, 0.4) is 0 Å². The van der Waals surface area contributed by atoms with Crippen LogP contribution in [-0.2, 0) is 16.4 Å². The van der Waals surface area contributed by atoms with Gasteiger partial charge in [0, 0.05) is 11.3 Å². The summed E-state index contributed by atoms with van der Waals surface area (Å²) in [4.78, 5) is 12.5. The molecule has 3 N–H and O–H groups in total. The number of carbonyl (C=O) groups is 1. The first-order valence-corrected chi connectivity index (χ1v) is 10.3. The van der Waals surface area contributed by atoms with Gasteiger partial charge in [0.2, 0.25) is 10.0 Å². The molecule has 0 unspecified atom stereocenters. The number of anilines is 1. The number of nitrogens with two attached hydrogens (primary N) is 1. The largest absolute Gasteiger partial charge is 0.322 e. The Bertz CT molecular complexity index is 888. The smallest absolute Gasteiger partial charge is 0.255 e. The van der Waals surface area contributed by atoms with Crippen molar-refractivity contribution in [2.24, 2.45) is 5.14 Å². The molecular formula is C20H26N2O3S. The van der Waals surface area contributed by atoms with E-state index in [2.05, 4.69) is 12.2 Å². The lowest BCUT2D eigenvalue weighted by molar-refractivity contribution is 0.102. The highest BCUT2D eigenvalue weighted by Gasteiger charge is 2.17. The number of hydrogen-bond donors (Lipinski definition) is 2. The summed E-state index contributed by atoms with van der Waals surface area (Å²) in [5.41, 5.74) is 3.43. The zero-order valence-electron chi connectivity index (χ0n) is 15.5. The molecule has 1 amide bonds. The van der Waals surface area contributed by atoms with Crippen molar-refractivity contribution in [3.63, 3.8) is 0 Å². The number of sulfonamides is 1.